The number of rotatable bonds is 6. The van der Waals surface area contributed by atoms with Gasteiger partial charge in [0, 0.05) is 42.1 Å². The summed E-state index contributed by atoms with van der Waals surface area (Å²) in [6.07, 6.45) is 3.66. The molecule has 0 atom stereocenters. The van der Waals surface area contributed by atoms with Crippen LogP contribution in [0.15, 0.2) is 54.9 Å². The molecule has 0 saturated heterocycles. The molecule has 0 aliphatic heterocycles. The highest BCUT2D eigenvalue weighted by Crippen LogP contribution is 2.21. The second kappa shape index (κ2) is 7.32. The molecule has 3 aromatic rings. The zero-order valence-electron chi connectivity index (χ0n) is 14.5. The van der Waals surface area contributed by atoms with Crippen molar-refractivity contribution in [2.45, 2.75) is 13.1 Å². The maximum atomic E-state index is 11.5. The van der Waals surface area contributed by atoms with E-state index in [4.69, 9.17) is 5.73 Å². The van der Waals surface area contributed by atoms with Crippen LogP contribution in [-0.4, -0.2) is 29.9 Å². The van der Waals surface area contributed by atoms with Crippen LogP contribution >= 0.6 is 0 Å². The Labute approximate surface area is 147 Å². The van der Waals surface area contributed by atoms with Gasteiger partial charge in [0.1, 0.15) is 0 Å². The van der Waals surface area contributed by atoms with Crippen LogP contribution in [0.25, 0.3) is 10.8 Å². The molecule has 0 fully saturated rings. The summed E-state index contributed by atoms with van der Waals surface area (Å²) in [5.74, 6) is -0.420. The Morgan fingerprint density at radius 2 is 1.96 bits per heavy atom. The number of aromatic nitrogens is 1. The highest BCUT2D eigenvalue weighted by Gasteiger charge is 2.08. The number of hydrogen-bond donors (Lipinski definition) is 2. The van der Waals surface area contributed by atoms with Gasteiger partial charge in [-0.15, -0.1) is 0 Å². The van der Waals surface area contributed by atoms with Gasteiger partial charge < -0.3 is 16.0 Å². The first kappa shape index (κ1) is 16.9. The number of fused-ring (bicyclic) bond motifs is 1. The van der Waals surface area contributed by atoms with Gasteiger partial charge in [-0.05, 0) is 54.9 Å². The molecule has 0 aliphatic rings. The number of nitrogens with one attached hydrogen (secondary N) is 1. The zero-order chi connectivity index (χ0) is 17.8. The van der Waals surface area contributed by atoms with Gasteiger partial charge in [-0.1, -0.05) is 18.2 Å². The van der Waals surface area contributed by atoms with Crippen molar-refractivity contribution in [3.05, 3.63) is 71.5 Å². The number of benzene rings is 2. The van der Waals surface area contributed by atoms with Crippen molar-refractivity contribution in [3.8, 4) is 0 Å². The number of nitrogens with zero attached hydrogens (tertiary/aromatic N) is 2. The second-order valence-corrected chi connectivity index (χ2v) is 6.38. The number of carbonyl (C=O) groups is 1. The van der Waals surface area contributed by atoms with E-state index in [0.717, 1.165) is 28.7 Å². The molecule has 3 N–H and O–H groups in total. The first-order valence-corrected chi connectivity index (χ1v) is 8.17. The maximum absolute atomic E-state index is 11.5. The van der Waals surface area contributed by atoms with Gasteiger partial charge in [-0.3, -0.25) is 9.78 Å². The molecule has 0 spiro atoms. The minimum atomic E-state index is -0.420. The van der Waals surface area contributed by atoms with Gasteiger partial charge in [-0.2, -0.15) is 0 Å². The van der Waals surface area contributed by atoms with Crippen LogP contribution in [-0.2, 0) is 13.1 Å². The summed E-state index contributed by atoms with van der Waals surface area (Å²) >= 11 is 0. The van der Waals surface area contributed by atoms with Crippen molar-refractivity contribution in [2.24, 2.45) is 5.73 Å². The number of pyridine rings is 1. The van der Waals surface area contributed by atoms with Gasteiger partial charge >= 0.3 is 0 Å². The van der Waals surface area contributed by atoms with Gasteiger partial charge in [-0.25, -0.2) is 0 Å². The molecule has 128 valence electrons. The molecule has 5 heteroatoms. The van der Waals surface area contributed by atoms with Crippen LogP contribution in [0.5, 0.6) is 0 Å². The highest BCUT2D eigenvalue weighted by atomic mass is 16.1. The first-order valence-electron chi connectivity index (χ1n) is 8.17. The summed E-state index contributed by atoms with van der Waals surface area (Å²) in [5, 5.41) is 5.72. The predicted octanol–water partition coefficient (Wildman–Crippen LogP) is 3.01. The molecule has 1 aromatic heterocycles. The Morgan fingerprint density at radius 3 is 2.72 bits per heavy atom. The van der Waals surface area contributed by atoms with E-state index in [0.29, 0.717) is 12.1 Å². The Balaban J connectivity index is 1.84. The molecule has 0 aliphatic carbocycles. The third kappa shape index (κ3) is 4.14. The summed E-state index contributed by atoms with van der Waals surface area (Å²) in [7, 11) is 4.03. The van der Waals surface area contributed by atoms with Crippen LogP contribution in [0, 0.1) is 0 Å². The van der Waals surface area contributed by atoms with E-state index in [1.54, 1.807) is 12.3 Å². The van der Waals surface area contributed by atoms with Crippen molar-refractivity contribution >= 4 is 22.4 Å². The van der Waals surface area contributed by atoms with E-state index in [1.807, 2.05) is 38.5 Å². The molecule has 0 radical (unpaired) electrons. The lowest BCUT2D eigenvalue weighted by molar-refractivity contribution is 0.100. The van der Waals surface area contributed by atoms with Crippen molar-refractivity contribution < 1.29 is 4.79 Å². The van der Waals surface area contributed by atoms with Gasteiger partial charge in [0.15, 0.2) is 0 Å². The van der Waals surface area contributed by atoms with Gasteiger partial charge in [0.25, 0.3) is 0 Å². The zero-order valence-corrected chi connectivity index (χ0v) is 14.5. The van der Waals surface area contributed by atoms with Crippen LogP contribution in [0.3, 0.4) is 0 Å². The number of hydrogen-bond acceptors (Lipinski definition) is 4. The summed E-state index contributed by atoms with van der Waals surface area (Å²) < 4.78 is 0. The molecule has 1 amide bonds. The summed E-state index contributed by atoms with van der Waals surface area (Å²) in [4.78, 5) is 17.7. The van der Waals surface area contributed by atoms with E-state index < -0.39 is 5.91 Å². The molecule has 3 rings (SSSR count). The molecule has 1 heterocycles. The van der Waals surface area contributed by atoms with E-state index in [9.17, 15) is 4.79 Å². The van der Waals surface area contributed by atoms with Gasteiger partial charge in [0.2, 0.25) is 5.91 Å². The van der Waals surface area contributed by atoms with Crippen molar-refractivity contribution in [1.29, 1.82) is 0 Å². The number of nitrogens with two attached hydrogens (primary N) is 1. The van der Waals surface area contributed by atoms with Crippen molar-refractivity contribution in [2.75, 3.05) is 19.4 Å². The fourth-order valence-corrected chi connectivity index (χ4v) is 2.81. The van der Waals surface area contributed by atoms with Crippen molar-refractivity contribution in [1.82, 2.24) is 9.88 Å². The number of carbonyl (C=O) groups excluding carboxylic acids is 1. The van der Waals surface area contributed by atoms with Crippen LogP contribution in [0.4, 0.5) is 5.69 Å². The minimum Gasteiger partial charge on any atom is -0.381 e. The molecule has 25 heavy (non-hydrogen) atoms. The van der Waals surface area contributed by atoms with E-state index in [-0.39, 0.29) is 0 Å². The minimum absolute atomic E-state index is 0.420. The van der Waals surface area contributed by atoms with Crippen LogP contribution < -0.4 is 11.1 Å². The topological polar surface area (TPSA) is 71.2 Å². The van der Waals surface area contributed by atoms with E-state index >= 15 is 0 Å². The third-order valence-corrected chi connectivity index (χ3v) is 4.07. The SMILES string of the molecule is CN(C)Cc1ccc(C(N)=O)cc1NCc1ccc2ccncc2c1. The first-order chi connectivity index (χ1) is 12.0. The van der Waals surface area contributed by atoms with Crippen molar-refractivity contribution in [3.63, 3.8) is 0 Å². The molecule has 0 unspecified atom stereocenters. The highest BCUT2D eigenvalue weighted by molar-refractivity contribution is 5.94. The quantitative estimate of drug-likeness (QED) is 0.727. The fraction of sp³-hybridized carbons (Fsp3) is 0.200. The smallest absolute Gasteiger partial charge is 0.248 e. The summed E-state index contributed by atoms with van der Waals surface area (Å²) in [6.45, 7) is 1.44. The van der Waals surface area contributed by atoms with E-state index in [1.165, 1.54) is 5.39 Å². The maximum Gasteiger partial charge on any atom is 0.248 e. The standard InChI is InChI=1S/C20H22N4O/c1-24(2)13-17-6-5-16(20(21)25)10-19(17)23-11-14-3-4-15-7-8-22-12-18(15)9-14/h3-10,12,23H,11,13H2,1-2H3,(H2,21,25). The third-order valence-electron chi connectivity index (χ3n) is 4.07. The lowest BCUT2D eigenvalue weighted by atomic mass is 10.1. The Hall–Kier alpha value is -2.92. The number of anilines is 1. The number of amides is 1. The molecule has 2 aromatic carbocycles. The predicted molar refractivity (Wildman–Crippen MR) is 101 cm³/mol. The lowest BCUT2D eigenvalue weighted by Crippen LogP contribution is -2.15. The normalized spacial score (nSPS) is 11.0. The van der Waals surface area contributed by atoms with Crippen LogP contribution in [0.1, 0.15) is 21.5 Å². The van der Waals surface area contributed by atoms with E-state index in [2.05, 4.69) is 33.4 Å². The largest absolute Gasteiger partial charge is 0.381 e. The Bertz CT molecular complexity index is 905. The molecule has 0 saturated carbocycles. The average Bonchev–Trinajstić information content (AvgIpc) is 2.60. The average molecular weight is 334 g/mol. The molecular formula is C20H22N4O. The summed E-state index contributed by atoms with van der Waals surface area (Å²) in [6, 6.07) is 13.9. The molecular weight excluding hydrogens is 312 g/mol. The number of primary amides is 1. The molecule has 5 nitrogen and oxygen atoms in total. The second-order valence-electron chi connectivity index (χ2n) is 6.38. The summed E-state index contributed by atoms with van der Waals surface area (Å²) in [5.41, 5.74) is 9.13. The monoisotopic (exact) mass is 334 g/mol. The Morgan fingerprint density at radius 1 is 1.12 bits per heavy atom. The Kier molecular flexibility index (Phi) is 4.95. The fourth-order valence-electron chi connectivity index (χ4n) is 2.81. The lowest BCUT2D eigenvalue weighted by Gasteiger charge is -2.17. The van der Waals surface area contributed by atoms with Crippen LogP contribution in [0.2, 0.25) is 0 Å². The van der Waals surface area contributed by atoms with Gasteiger partial charge in [0.05, 0.1) is 0 Å². The molecule has 0 bridgehead atoms.